The third kappa shape index (κ3) is 2.78. The van der Waals surface area contributed by atoms with Gasteiger partial charge in [0.25, 0.3) is 0 Å². The van der Waals surface area contributed by atoms with Gasteiger partial charge in [-0.05, 0) is 51.5 Å². The summed E-state index contributed by atoms with van der Waals surface area (Å²) in [4.78, 5) is 2.50. The van der Waals surface area contributed by atoms with Crippen molar-refractivity contribution >= 4 is 0 Å². The predicted molar refractivity (Wildman–Crippen MR) is 67.4 cm³/mol. The standard InChI is InChI=1S/C14H27NO/c1-11-7-9-12(10-8-11)15(2)13-5-3-4-6-14(13)16/h11-14,16H,3-10H2,1-2H3. The molecule has 0 aromatic carbocycles. The molecule has 0 aliphatic heterocycles. The van der Waals surface area contributed by atoms with Crippen LogP contribution in [-0.2, 0) is 0 Å². The first-order valence-electron chi connectivity index (χ1n) is 7.08. The van der Waals surface area contributed by atoms with E-state index in [2.05, 4.69) is 18.9 Å². The molecule has 1 N–H and O–H groups in total. The zero-order valence-corrected chi connectivity index (χ0v) is 10.9. The van der Waals surface area contributed by atoms with E-state index < -0.39 is 0 Å². The molecule has 16 heavy (non-hydrogen) atoms. The summed E-state index contributed by atoms with van der Waals surface area (Å²) >= 11 is 0. The number of rotatable bonds is 2. The van der Waals surface area contributed by atoms with Gasteiger partial charge < -0.3 is 5.11 Å². The Hall–Kier alpha value is -0.0800. The Bertz CT molecular complexity index is 211. The average Bonchev–Trinajstić information content (AvgIpc) is 2.30. The van der Waals surface area contributed by atoms with E-state index in [1.165, 1.54) is 44.9 Å². The SMILES string of the molecule is CC1CCC(N(C)C2CCCCC2O)CC1. The highest BCUT2D eigenvalue weighted by Gasteiger charge is 2.31. The van der Waals surface area contributed by atoms with Crippen molar-refractivity contribution in [2.24, 2.45) is 5.92 Å². The Morgan fingerprint density at radius 2 is 1.56 bits per heavy atom. The Morgan fingerprint density at radius 3 is 2.19 bits per heavy atom. The molecule has 0 amide bonds. The molecule has 0 radical (unpaired) electrons. The molecule has 2 fully saturated rings. The quantitative estimate of drug-likeness (QED) is 0.781. The van der Waals surface area contributed by atoms with Gasteiger partial charge in [0.15, 0.2) is 0 Å². The van der Waals surface area contributed by atoms with E-state index in [0.717, 1.165) is 18.4 Å². The van der Waals surface area contributed by atoms with E-state index in [-0.39, 0.29) is 6.10 Å². The van der Waals surface area contributed by atoms with Crippen LogP contribution in [0, 0.1) is 5.92 Å². The third-order valence-corrected chi connectivity index (χ3v) is 4.78. The molecular weight excluding hydrogens is 198 g/mol. The maximum absolute atomic E-state index is 10.1. The second-order valence-electron chi connectivity index (χ2n) is 6.00. The van der Waals surface area contributed by atoms with Crippen LogP contribution in [0.2, 0.25) is 0 Å². The normalized spacial score (nSPS) is 41.2. The first-order valence-corrected chi connectivity index (χ1v) is 7.08. The fourth-order valence-corrected chi connectivity index (χ4v) is 3.49. The minimum Gasteiger partial charge on any atom is -0.391 e. The molecule has 2 nitrogen and oxygen atoms in total. The smallest absolute Gasteiger partial charge is 0.0695 e. The summed E-state index contributed by atoms with van der Waals surface area (Å²) in [6.45, 7) is 2.37. The summed E-state index contributed by atoms with van der Waals surface area (Å²) in [5.74, 6) is 0.918. The molecule has 2 unspecified atom stereocenters. The Kier molecular flexibility index (Phi) is 4.26. The van der Waals surface area contributed by atoms with Crippen LogP contribution >= 0.6 is 0 Å². The molecule has 0 bridgehead atoms. The molecular formula is C14H27NO. The van der Waals surface area contributed by atoms with Crippen molar-refractivity contribution in [3.63, 3.8) is 0 Å². The van der Waals surface area contributed by atoms with Gasteiger partial charge in [-0.15, -0.1) is 0 Å². The lowest BCUT2D eigenvalue weighted by molar-refractivity contribution is 0.00229. The van der Waals surface area contributed by atoms with Gasteiger partial charge in [-0.25, -0.2) is 0 Å². The van der Waals surface area contributed by atoms with Gasteiger partial charge >= 0.3 is 0 Å². The lowest BCUT2D eigenvalue weighted by atomic mass is 9.84. The number of hydrogen-bond donors (Lipinski definition) is 1. The minimum absolute atomic E-state index is 0.0712. The summed E-state index contributed by atoms with van der Waals surface area (Å²) in [6, 6.07) is 1.17. The van der Waals surface area contributed by atoms with Gasteiger partial charge in [-0.2, -0.15) is 0 Å². The van der Waals surface area contributed by atoms with Crippen molar-refractivity contribution in [3.05, 3.63) is 0 Å². The summed E-state index contributed by atoms with van der Waals surface area (Å²) in [7, 11) is 2.24. The molecule has 2 aliphatic rings. The highest BCUT2D eigenvalue weighted by molar-refractivity contribution is 4.87. The van der Waals surface area contributed by atoms with Crippen LogP contribution in [0.3, 0.4) is 0 Å². The fraction of sp³-hybridized carbons (Fsp3) is 1.00. The second kappa shape index (κ2) is 5.50. The molecule has 2 atom stereocenters. The van der Waals surface area contributed by atoms with Crippen LogP contribution in [-0.4, -0.2) is 35.2 Å². The maximum Gasteiger partial charge on any atom is 0.0695 e. The molecule has 2 rings (SSSR count). The van der Waals surface area contributed by atoms with E-state index in [9.17, 15) is 5.11 Å². The largest absolute Gasteiger partial charge is 0.391 e. The first kappa shape index (κ1) is 12.4. The van der Waals surface area contributed by atoms with E-state index >= 15 is 0 Å². The van der Waals surface area contributed by atoms with E-state index in [4.69, 9.17) is 0 Å². The zero-order chi connectivity index (χ0) is 11.5. The van der Waals surface area contributed by atoms with Crippen LogP contribution in [0.25, 0.3) is 0 Å². The van der Waals surface area contributed by atoms with Gasteiger partial charge in [0.2, 0.25) is 0 Å². The minimum atomic E-state index is -0.0712. The van der Waals surface area contributed by atoms with Crippen molar-refractivity contribution in [3.8, 4) is 0 Å². The van der Waals surface area contributed by atoms with Crippen molar-refractivity contribution in [1.29, 1.82) is 0 Å². The number of likely N-dealkylation sites (N-methyl/N-ethyl adjacent to an activating group) is 1. The number of nitrogens with zero attached hydrogens (tertiary/aromatic N) is 1. The van der Waals surface area contributed by atoms with E-state index in [0.29, 0.717) is 6.04 Å². The fourth-order valence-electron chi connectivity index (χ4n) is 3.49. The average molecular weight is 225 g/mol. The van der Waals surface area contributed by atoms with Gasteiger partial charge in [0, 0.05) is 12.1 Å². The van der Waals surface area contributed by atoms with Crippen molar-refractivity contribution in [2.45, 2.75) is 76.5 Å². The van der Waals surface area contributed by atoms with Crippen molar-refractivity contribution in [1.82, 2.24) is 4.90 Å². The number of hydrogen-bond acceptors (Lipinski definition) is 2. The molecule has 0 aromatic heterocycles. The van der Waals surface area contributed by atoms with Crippen LogP contribution in [0.1, 0.15) is 58.3 Å². The van der Waals surface area contributed by atoms with Gasteiger partial charge in [0.1, 0.15) is 0 Å². The Labute approximate surface area is 100 Å². The third-order valence-electron chi connectivity index (χ3n) is 4.78. The number of aliphatic hydroxyl groups excluding tert-OH is 1. The molecule has 0 spiro atoms. The molecule has 0 aromatic rings. The lowest BCUT2D eigenvalue weighted by Crippen LogP contribution is -2.49. The van der Waals surface area contributed by atoms with Gasteiger partial charge in [0.05, 0.1) is 6.10 Å². The summed E-state index contributed by atoms with van der Waals surface area (Å²) in [6.07, 6.45) is 10.1. The molecule has 0 heterocycles. The maximum atomic E-state index is 10.1. The topological polar surface area (TPSA) is 23.5 Å². The zero-order valence-electron chi connectivity index (χ0n) is 10.9. The van der Waals surface area contributed by atoms with Crippen LogP contribution < -0.4 is 0 Å². The highest BCUT2D eigenvalue weighted by Crippen LogP contribution is 2.31. The van der Waals surface area contributed by atoms with Crippen LogP contribution in [0.4, 0.5) is 0 Å². The summed E-state index contributed by atoms with van der Waals surface area (Å²) in [5.41, 5.74) is 0. The van der Waals surface area contributed by atoms with Crippen molar-refractivity contribution < 1.29 is 5.11 Å². The van der Waals surface area contributed by atoms with Crippen molar-refractivity contribution in [2.75, 3.05) is 7.05 Å². The molecule has 2 saturated carbocycles. The van der Waals surface area contributed by atoms with Gasteiger partial charge in [-0.1, -0.05) is 19.8 Å². The van der Waals surface area contributed by atoms with Gasteiger partial charge in [-0.3, -0.25) is 4.90 Å². The molecule has 94 valence electrons. The lowest BCUT2D eigenvalue weighted by Gasteiger charge is -2.42. The highest BCUT2D eigenvalue weighted by atomic mass is 16.3. The second-order valence-corrected chi connectivity index (χ2v) is 6.00. The van der Waals surface area contributed by atoms with Crippen LogP contribution in [0.5, 0.6) is 0 Å². The Balaban J connectivity index is 1.88. The Morgan fingerprint density at radius 1 is 0.938 bits per heavy atom. The molecule has 2 heteroatoms. The summed E-state index contributed by atoms with van der Waals surface area (Å²) in [5, 5.41) is 10.1. The molecule has 0 saturated heterocycles. The van der Waals surface area contributed by atoms with E-state index in [1.807, 2.05) is 0 Å². The summed E-state index contributed by atoms with van der Waals surface area (Å²) < 4.78 is 0. The van der Waals surface area contributed by atoms with Crippen LogP contribution in [0.15, 0.2) is 0 Å². The molecule has 2 aliphatic carbocycles. The first-order chi connectivity index (χ1) is 7.68. The van der Waals surface area contributed by atoms with E-state index in [1.54, 1.807) is 0 Å². The number of aliphatic hydroxyl groups is 1. The monoisotopic (exact) mass is 225 g/mol. The predicted octanol–water partition coefficient (Wildman–Crippen LogP) is 2.80.